The highest BCUT2D eigenvalue weighted by atomic mass is 16.6. The van der Waals surface area contributed by atoms with Gasteiger partial charge < -0.3 is 33.5 Å². The Morgan fingerprint density at radius 3 is 2.44 bits per heavy atom. The Balaban J connectivity index is 1.14. The number of rotatable bonds is 13. The zero-order valence-electron chi connectivity index (χ0n) is 28.0. The lowest BCUT2D eigenvalue weighted by molar-refractivity contribution is -0.0665. The molecule has 3 aliphatic rings. The number of amides is 1. The summed E-state index contributed by atoms with van der Waals surface area (Å²) in [6.45, 7) is 11.0. The van der Waals surface area contributed by atoms with Crippen molar-refractivity contribution in [1.29, 1.82) is 0 Å². The second kappa shape index (κ2) is 15.8. The van der Waals surface area contributed by atoms with E-state index in [9.17, 15) is 4.79 Å². The molecular weight excluding hydrogens is 572 g/mol. The lowest BCUT2D eigenvalue weighted by atomic mass is 9.91. The van der Waals surface area contributed by atoms with Crippen molar-refractivity contribution >= 4 is 6.09 Å². The molecule has 1 aromatic carbocycles. The summed E-state index contributed by atoms with van der Waals surface area (Å²) in [5, 5.41) is 5.03. The summed E-state index contributed by atoms with van der Waals surface area (Å²) in [6, 6.07) is 8.30. The Hall–Kier alpha value is -2.66. The summed E-state index contributed by atoms with van der Waals surface area (Å²) in [6.07, 6.45) is 10.8. The molecular formula is C35H54N4O6. The fraction of sp³-hybridized carbons (Fsp3) is 0.714. The molecule has 2 aromatic rings. The molecule has 0 bridgehead atoms. The van der Waals surface area contributed by atoms with Crippen molar-refractivity contribution in [2.24, 2.45) is 5.92 Å². The van der Waals surface area contributed by atoms with Gasteiger partial charge >= 0.3 is 6.09 Å². The molecule has 1 aliphatic carbocycles. The number of ether oxygens (including phenoxy) is 5. The highest BCUT2D eigenvalue weighted by molar-refractivity contribution is 5.67. The maximum atomic E-state index is 12.4. The Morgan fingerprint density at radius 2 is 1.76 bits per heavy atom. The molecule has 5 rings (SSSR count). The van der Waals surface area contributed by atoms with E-state index in [1.54, 1.807) is 11.9 Å². The first kappa shape index (κ1) is 33.7. The van der Waals surface area contributed by atoms with Gasteiger partial charge in [0.05, 0.1) is 11.8 Å². The first-order valence-electron chi connectivity index (χ1n) is 16.9. The molecule has 45 heavy (non-hydrogen) atoms. The van der Waals surface area contributed by atoms with E-state index >= 15 is 0 Å². The molecule has 0 spiro atoms. The molecule has 3 fully saturated rings. The van der Waals surface area contributed by atoms with E-state index in [4.69, 9.17) is 28.8 Å². The van der Waals surface area contributed by atoms with Gasteiger partial charge in [-0.2, -0.15) is 5.10 Å². The Morgan fingerprint density at radius 1 is 1.00 bits per heavy atom. The van der Waals surface area contributed by atoms with Crippen LogP contribution in [0, 0.1) is 5.92 Å². The topological polar surface area (TPSA) is 87.5 Å². The van der Waals surface area contributed by atoms with Gasteiger partial charge in [-0.1, -0.05) is 0 Å². The number of carbonyl (C=O) groups excluding carboxylic acids is 1. The van der Waals surface area contributed by atoms with Crippen LogP contribution in [0.15, 0.2) is 30.5 Å². The van der Waals surface area contributed by atoms with Crippen molar-refractivity contribution in [3.05, 3.63) is 36.0 Å². The van der Waals surface area contributed by atoms with Gasteiger partial charge in [0.15, 0.2) is 0 Å². The molecule has 1 atom stereocenters. The average molecular weight is 627 g/mol. The number of aromatic nitrogens is 2. The highest BCUT2D eigenvalue weighted by Gasteiger charge is 2.32. The molecule has 10 heteroatoms. The van der Waals surface area contributed by atoms with Crippen LogP contribution in [0.4, 0.5) is 4.79 Å². The van der Waals surface area contributed by atoms with Gasteiger partial charge in [-0.15, -0.1) is 0 Å². The van der Waals surface area contributed by atoms with Crippen molar-refractivity contribution in [1.82, 2.24) is 19.6 Å². The van der Waals surface area contributed by atoms with Gasteiger partial charge in [-0.05, 0) is 96.5 Å². The van der Waals surface area contributed by atoms with Crippen molar-refractivity contribution in [3.8, 4) is 17.0 Å². The first-order chi connectivity index (χ1) is 21.6. The van der Waals surface area contributed by atoms with Crippen LogP contribution in [0.1, 0.15) is 83.9 Å². The minimum Gasteiger partial charge on any atom is -0.490 e. The summed E-state index contributed by atoms with van der Waals surface area (Å²) in [5.74, 6) is 1.63. The number of carbonyl (C=O) groups is 1. The summed E-state index contributed by atoms with van der Waals surface area (Å²) in [5.41, 5.74) is 2.61. The number of nitrogens with zero attached hydrogens (tertiary/aromatic N) is 4. The van der Waals surface area contributed by atoms with Crippen LogP contribution in [0.25, 0.3) is 11.3 Å². The Bertz CT molecular complexity index is 1190. The van der Waals surface area contributed by atoms with E-state index in [0.717, 1.165) is 106 Å². The zero-order valence-corrected chi connectivity index (χ0v) is 28.0. The molecule has 2 saturated heterocycles. The van der Waals surface area contributed by atoms with Crippen LogP contribution in [0.2, 0.25) is 0 Å². The minimum absolute atomic E-state index is 0.0390. The second-order valence-corrected chi connectivity index (χ2v) is 14.0. The van der Waals surface area contributed by atoms with Crippen LogP contribution in [-0.4, -0.2) is 97.1 Å². The van der Waals surface area contributed by atoms with Crippen LogP contribution >= 0.6 is 0 Å². The van der Waals surface area contributed by atoms with E-state index in [2.05, 4.69) is 30.3 Å². The second-order valence-electron chi connectivity index (χ2n) is 14.0. The van der Waals surface area contributed by atoms with Crippen molar-refractivity contribution in [3.63, 3.8) is 0 Å². The van der Waals surface area contributed by atoms with Crippen LogP contribution in [0.5, 0.6) is 5.75 Å². The smallest absolute Gasteiger partial charge is 0.410 e. The summed E-state index contributed by atoms with van der Waals surface area (Å²) >= 11 is 0. The van der Waals surface area contributed by atoms with Gasteiger partial charge in [-0.3, -0.25) is 0 Å². The van der Waals surface area contributed by atoms with E-state index in [0.29, 0.717) is 25.7 Å². The predicted molar refractivity (Wildman–Crippen MR) is 173 cm³/mol. The molecule has 3 heterocycles. The number of benzene rings is 1. The fourth-order valence-electron chi connectivity index (χ4n) is 6.06. The van der Waals surface area contributed by atoms with Crippen molar-refractivity contribution in [2.75, 3.05) is 53.6 Å². The molecule has 10 nitrogen and oxygen atoms in total. The van der Waals surface area contributed by atoms with Gasteiger partial charge in [0.2, 0.25) is 0 Å². The van der Waals surface area contributed by atoms with Crippen LogP contribution < -0.4 is 4.74 Å². The quantitative estimate of drug-likeness (QED) is 0.256. The Labute approximate surface area is 269 Å². The third-order valence-corrected chi connectivity index (χ3v) is 8.92. The highest BCUT2D eigenvalue weighted by Crippen LogP contribution is 2.32. The zero-order chi connectivity index (χ0) is 31.8. The monoisotopic (exact) mass is 626 g/mol. The van der Waals surface area contributed by atoms with E-state index in [1.807, 2.05) is 37.6 Å². The van der Waals surface area contributed by atoms with Crippen molar-refractivity contribution < 1.29 is 28.5 Å². The third kappa shape index (κ3) is 10.2. The van der Waals surface area contributed by atoms with Gasteiger partial charge in [0.1, 0.15) is 23.7 Å². The third-order valence-electron chi connectivity index (χ3n) is 8.92. The van der Waals surface area contributed by atoms with E-state index < -0.39 is 5.60 Å². The maximum Gasteiger partial charge on any atom is 0.410 e. The molecule has 1 aromatic heterocycles. The summed E-state index contributed by atoms with van der Waals surface area (Å²) in [4.78, 5) is 16.3. The molecule has 1 amide bonds. The number of hydrogen-bond donors (Lipinski definition) is 0. The number of likely N-dealkylation sites (N-methyl/N-ethyl adjacent to an activating group) is 2. The molecule has 1 unspecified atom stereocenters. The fourth-order valence-corrected chi connectivity index (χ4v) is 6.06. The van der Waals surface area contributed by atoms with Crippen LogP contribution in [0.3, 0.4) is 0 Å². The molecule has 0 N–H and O–H groups in total. The summed E-state index contributed by atoms with van der Waals surface area (Å²) in [7, 11) is 3.85. The van der Waals surface area contributed by atoms with E-state index in [-0.39, 0.29) is 18.4 Å². The molecule has 1 saturated carbocycles. The number of hydrogen-bond acceptors (Lipinski definition) is 8. The average Bonchev–Trinajstić information content (AvgIpc) is 3.42. The minimum atomic E-state index is -0.512. The lowest BCUT2D eigenvalue weighted by Crippen LogP contribution is -2.39. The maximum absolute atomic E-state index is 12.4. The molecule has 250 valence electrons. The van der Waals surface area contributed by atoms with Gasteiger partial charge in [0, 0.05) is 83.3 Å². The Kier molecular flexibility index (Phi) is 11.8. The summed E-state index contributed by atoms with van der Waals surface area (Å²) < 4.78 is 31.4. The van der Waals surface area contributed by atoms with Gasteiger partial charge in [0.25, 0.3) is 0 Å². The van der Waals surface area contributed by atoms with E-state index in [1.165, 1.54) is 0 Å². The van der Waals surface area contributed by atoms with Gasteiger partial charge in [-0.25, -0.2) is 9.48 Å². The van der Waals surface area contributed by atoms with Crippen molar-refractivity contribution in [2.45, 2.75) is 103 Å². The standard InChI is InChI=1S/C35H54N4O6/c1-35(2,3)45-34(40)38(5)17-16-37(4)24-28-25-39(32-8-6-7-18-43-32)36-33(28)27-9-11-29(12-10-27)44-31-22-30(23-31)42-21-15-26-13-19-41-20-14-26/h9-12,25-26,30-32H,6-8,13-24H2,1-5H3/t30-,31-,32?. The largest absolute Gasteiger partial charge is 0.490 e. The SMILES string of the molecule is CN(CCN(C)C(=O)OC(C)(C)C)Cc1cn(C2CCCCO2)nc1-c1ccc(O[C@H]2C[C@H](OCCC3CCOCC3)C2)cc1. The first-order valence-corrected chi connectivity index (χ1v) is 16.9. The molecule has 2 aliphatic heterocycles. The normalized spacial score (nSPS) is 22.7. The lowest BCUT2D eigenvalue weighted by Gasteiger charge is -2.35. The van der Waals surface area contributed by atoms with Crippen LogP contribution in [-0.2, 0) is 25.5 Å². The molecule has 0 radical (unpaired) electrons. The predicted octanol–water partition coefficient (Wildman–Crippen LogP) is 6.29.